The van der Waals surface area contributed by atoms with E-state index in [1.807, 2.05) is 0 Å². The highest BCUT2D eigenvalue weighted by Crippen LogP contribution is 2.28. The Morgan fingerprint density at radius 1 is 1.38 bits per heavy atom. The lowest BCUT2D eigenvalue weighted by Gasteiger charge is -2.24. The SMILES string of the molecule is Cn1cc(C(=O)C[C@H]2CCCN2C(=O)c2ccc(O)c(Cl)c2)cn1. The van der Waals surface area contributed by atoms with Gasteiger partial charge in [0.15, 0.2) is 5.78 Å². The zero-order chi connectivity index (χ0) is 17.3. The molecule has 1 N–H and O–H groups in total. The number of halogens is 1. The topological polar surface area (TPSA) is 75.4 Å². The van der Waals surface area contributed by atoms with Crippen molar-refractivity contribution in [2.45, 2.75) is 25.3 Å². The van der Waals surface area contributed by atoms with Gasteiger partial charge in [0.2, 0.25) is 0 Å². The Morgan fingerprint density at radius 2 is 2.17 bits per heavy atom. The highest BCUT2D eigenvalue weighted by atomic mass is 35.5. The standard InChI is InChI=1S/C17H18ClN3O3/c1-20-10-12(9-19-20)16(23)8-13-3-2-6-21(13)17(24)11-4-5-15(22)14(18)7-11/h4-5,7,9-10,13,22H,2-3,6,8H2,1H3/t13-/m1/s1. The molecule has 1 aromatic carbocycles. The van der Waals surface area contributed by atoms with E-state index in [0.717, 1.165) is 12.8 Å². The normalized spacial score (nSPS) is 17.2. The van der Waals surface area contributed by atoms with Gasteiger partial charge in [-0.2, -0.15) is 5.10 Å². The van der Waals surface area contributed by atoms with E-state index < -0.39 is 0 Å². The number of aromatic nitrogens is 2. The molecular formula is C17H18ClN3O3. The van der Waals surface area contributed by atoms with E-state index >= 15 is 0 Å². The summed E-state index contributed by atoms with van der Waals surface area (Å²) in [5, 5.41) is 13.6. The van der Waals surface area contributed by atoms with E-state index in [4.69, 9.17) is 11.6 Å². The van der Waals surface area contributed by atoms with E-state index in [-0.39, 0.29) is 34.9 Å². The van der Waals surface area contributed by atoms with Gasteiger partial charge in [-0.3, -0.25) is 14.3 Å². The number of hydrogen-bond acceptors (Lipinski definition) is 4. The lowest BCUT2D eigenvalue weighted by molar-refractivity contribution is 0.0717. The van der Waals surface area contributed by atoms with Gasteiger partial charge in [-0.25, -0.2) is 0 Å². The maximum Gasteiger partial charge on any atom is 0.254 e. The van der Waals surface area contributed by atoms with Gasteiger partial charge in [0, 0.05) is 37.8 Å². The van der Waals surface area contributed by atoms with Gasteiger partial charge in [0.05, 0.1) is 16.8 Å². The predicted octanol–water partition coefficient (Wildman–Crippen LogP) is 2.66. The van der Waals surface area contributed by atoms with E-state index in [0.29, 0.717) is 17.7 Å². The van der Waals surface area contributed by atoms with Crippen molar-refractivity contribution in [1.29, 1.82) is 0 Å². The first-order valence-corrected chi connectivity index (χ1v) is 8.15. The number of carbonyl (C=O) groups is 2. The number of phenolic OH excluding ortho intramolecular Hbond substituents is 1. The minimum Gasteiger partial charge on any atom is -0.506 e. The van der Waals surface area contributed by atoms with E-state index in [2.05, 4.69) is 5.10 Å². The Labute approximate surface area is 144 Å². The first kappa shape index (κ1) is 16.5. The van der Waals surface area contributed by atoms with Gasteiger partial charge < -0.3 is 10.0 Å². The summed E-state index contributed by atoms with van der Waals surface area (Å²) in [7, 11) is 1.76. The summed E-state index contributed by atoms with van der Waals surface area (Å²) in [6.07, 6.45) is 5.17. The monoisotopic (exact) mass is 347 g/mol. The highest BCUT2D eigenvalue weighted by Gasteiger charge is 2.31. The molecular weight excluding hydrogens is 330 g/mol. The maximum absolute atomic E-state index is 12.7. The predicted molar refractivity (Wildman–Crippen MR) is 89.3 cm³/mol. The molecule has 0 unspecified atom stereocenters. The molecule has 7 heteroatoms. The van der Waals surface area contributed by atoms with Crippen LogP contribution in [0.1, 0.15) is 40.0 Å². The molecule has 0 saturated carbocycles. The average Bonchev–Trinajstić information content (AvgIpc) is 3.18. The zero-order valence-electron chi connectivity index (χ0n) is 13.3. The third-order valence-electron chi connectivity index (χ3n) is 4.28. The highest BCUT2D eigenvalue weighted by molar-refractivity contribution is 6.32. The molecule has 0 aliphatic carbocycles. The summed E-state index contributed by atoms with van der Waals surface area (Å²) >= 11 is 5.88. The van der Waals surface area contributed by atoms with Crippen LogP contribution < -0.4 is 0 Å². The van der Waals surface area contributed by atoms with Crippen LogP contribution in [0.2, 0.25) is 5.02 Å². The summed E-state index contributed by atoms with van der Waals surface area (Å²) in [6.45, 7) is 0.613. The van der Waals surface area contributed by atoms with Crippen LogP contribution in [0.4, 0.5) is 0 Å². The van der Waals surface area contributed by atoms with Gasteiger partial charge >= 0.3 is 0 Å². The minimum atomic E-state index is -0.168. The van der Waals surface area contributed by atoms with E-state index in [1.54, 1.807) is 35.1 Å². The molecule has 1 fully saturated rings. The van der Waals surface area contributed by atoms with Crippen molar-refractivity contribution in [3.8, 4) is 5.75 Å². The smallest absolute Gasteiger partial charge is 0.254 e. The first-order chi connectivity index (χ1) is 11.5. The first-order valence-electron chi connectivity index (χ1n) is 7.77. The largest absolute Gasteiger partial charge is 0.506 e. The van der Waals surface area contributed by atoms with Crippen LogP contribution in [0.25, 0.3) is 0 Å². The molecule has 3 rings (SSSR count). The van der Waals surface area contributed by atoms with Crippen molar-refractivity contribution >= 4 is 23.3 Å². The van der Waals surface area contributed by atoms with Crippen molar-refractivity contribution < 1.29 is 14.7 Å². The van der Waals surface area contributed by atoms with Crippen LogP contribution in [0.5, 0.6) is 5.75 Å². The Morgan fingerprint density at radius 3 is 2.83 bits per heavy atom. The summed E-state index contributed by atoms with van der Waals surface area (Å²) in [5.74, 6) is -0.243. The molecule has 2 aromatic rings. The second-order valence-corrected chi connectivity index (χ2v) is 6.40. The number of rotatable bonds is 4. The molecule has 1 aliphatic rings. The molecule has 6 nitrogen and oxygen atoms in total. The zero-order valence-corrected chi connectivity index (χ0v) is 14.0. The number of carbonyl (C=O) groups excluding carboxylic acids is 2. The Hall–Kier alpha value is -2.34. The number of hydrogen-bond donors (Lipinski definition) is 1. The Balaban J connectivity index is 1.73. The van der Waals surface area contributed by atoms with Crippen LogP contribution in [0.15, 0.2) is 30.6 Å². The summed E-state index contributed by atoms with van der Waals surface area (Å²) < 4.78 is 1.59. The van der Waals surface area contributed by atoms with Crippen LogP contribution in [-0.2, 0) is 7.05 Å². The molecule has 1 aromatic heterocycles. The maximum atomic E-state index is 12.7. The number of benzene rings is 1. The lowest BCUT2D eigenvalue weighted by atomic mass is 10.0. The number of amides is 1. The van der Waals surface area contributed by atoms with Crippen LogP contribution in [0.3, 0.4) is 0 Å². The van der Waals surface area contributed by atoms with Crippen molar-refractivity contribution in [3.63, 3.8) is 0 Å². The molecule has 1 saturated heterocycles. The van der Waals surface area contributed by atoms with Gasteiger partial charge in [-0.15, -0.1) is 0 Å². The fourth-order valence-corrected chi connectivity index (χ4v) is 3.20. The molecule has 1 amide bonds. The van der Waals surface area contributed by atoms with E-state index in [9.17, 15) is 14.7 Å². The van der Waals surface area contributed by atoms with E-state index in [1.165, 1.54) is 12.1 Å². The van der Waals surface area contributed by atoms with Gasteiger partial charge in [0.1, 0.15) is 5.75 Å². The Bertz CT molecular complexity index is 787. The number of Topliss-reactive ketones (excluding diaryl/α,β-unsaturated/α-hetero) is 1. The fourth-order valence-electron chi connectivity index (χ4n) is 3.02. The average molecular weight is 348 g/mol. The number of phenols is 1. The van der Waals surface area contributed by atoms with Crippen LogP contribution >= 0.6 is 11.6 Å². The van der Waals surface area contributed by atoms with Gasteiger partial charge in [0.25, 0.3) is 5.91 Å². The molecule has 0 radical (unpaired) electrons. The second-order valence-electron chi connectivity index (χ2n) is 5.99. The molecule has 24 heavy (non-hydrogen) atoms. The molecule has 126 valence electrons. The number of ketones is 1. The fraction of sp³-hybridized carbons (Fsp3) is 0.353. The minimum absolute atomic E-state index is 0.0171. The third-order valence-corrected chi connectivity index (χ3v) is 4.58. The van der Waals surface area contributed by atoms with Crippen molar-refractivity contribution in [1.82, 2.24) is 14.7 Å². The van der Waals surface area contributed by atoms with Crippen LogP contribution in [-0.4, -0.2) is 44.1 Å². The molecule has 0 bridgehead atoms. The van der Waals surface area contributed by atoms with Crippen LogP contribution in [0, 0.1) is 0 Å². The number of aryl methyl sites for hydroxylation is 1. The summed E-state index contributed by atoms with van der Waals surface area (Å²) in [5.41, 5.74) is 0.975. The van der Waals surface area contributed by atoms with Gasteiger partial charge in [-0.1, -0.05) is 11.6 Å². The second kappa shape index (κ2) is 6.65. The van der Waals surface area contributed by atoms with Gasteiger partial charge in [-0.05, 0) is 31.0 Å². The number of aromatic hydroxyl groups is 1. The molecule has 1 atom stereocenters. The third kappa shape index (κ3) is 3.28. The lowest BCUT2D eigenvalue weighted by Crippen LogP contribution is -2.36. The molecule has 1 aliphatic heterocycles. The van der Waals surface area contributed by atoms with Crippen molar-refractivity contribution in [2.75, 3.05) is 6.54 Å². The quantitative estimate of drug-likeness (QED) is 0.863. The number of likely N-dealkylation sites (tertiary alicyclic amines) is 1. The number of nitrogens with zero attached hydrogens (tertiary/aromatic N) is 3. The van der Waals surface area contributed by atoms with Crippen molar-refractivity contribution in [2.24, 2.45) is 7.05 Å². The summed E-state index contributed by atoms with van der Waals surface area (Å²) in [4.78, 5) is 26.8. The summed E-state index contributed by atoms with van der Waals surface area (Å²) in [6, 6.07) is 4.28. The molecule has 2 heterocycles. The van der Waals surface area contributed by atoms with Crippen molar-refractivity contribution in [3.05, 3.63) is 46.7 Å². The molecule has 0 spiro atoms. The Kier molecular flexibility index (Phi) is 4.57.